The van der Waals surface area contributed by atoms with Crippen molar-refractivity contribution in [2.75, 3.05) is 13.1 Å². The van der Waals surface area contributed by atoms with E-state index in [2.05, 4.69) is 35.2 Å². The van der Waals surface area contributed by atoms with Gasteiger partial charge in [0.15, 0.2) is 0 Å². The van der Waals surface area contributed by atoms with Crippen LogP contribution in [-0.4, -0.2) is 23.1 Å². The number of phenolic OH excluding ortho intramolecular Hbond substituents is 1. The fourth-order valence-electron chi connectivity index (χ4n) is 3.89. The van der Waals surface area contributed by atoms with Crippen LogP contribution in [0.5, 0.6) is 5.75 Å². The molecule has 102 valence electrons. The number of rotatable bonds is 1. The molecule has 0 radical (unpaired) electrons. The Labute approximate surface area is 119 Å². The van der Waals surface area contributed by atoms with Crippen molar-refractivity contribution in [3.8, 4) is 5.75 Å². The Hall–Kier alpha value is -1.80. The van der Waals surface area contributed by atoms with Crippen LogP contribution < -0.4 is 0 Å². The SMILES string of the molecule is Oc1cccc([C@@H]2CN3CCC[C@@H]3c3ccccc32)c1. The molecule has 2 aliphatic rings. The molecular weight excluding hydrogens is 246 g/mol. The number of benzene rings is 2. The lowest BCUT2D eigenvalue weighted by Crippen LogP contribution is -2.34. The van der Waals surface area contributed by atoms with Crippen molar-refractivity contribution in [2.45, 2.75) is 24.8 Å². The van der Waals surface area contributed by atoms with Gasteiger partial charge in [0, 0.05) is 18.5 Å². The van der Waals surface area contributed by atoms with Crippen LogP contribution in [0.1, 0.15) is 41.5 Å². The van der Waals surface area contributed by atoms with Gasteiger partial charge in [-0.3, -0.25) is 4.90 Å². The number of hydrogen-bond donors (Lipinski definition) is 1. The minimum absolute atomic E-state index is 0.364. The predicted molar refractivity (Wildman–Crippen MR) is 79.9 cm³/mol. The largest absolute Gasteiger partial charge is 0.508 e. The summed E-state index contributed by atoms with van der Waals surface area (Å²) in [6.07, 6.45) is 2.58. The van der Waals surface area contributed by atoms with Gasteiger partial charge in [-0.25, -0.2) is 0 Å². The molecule has 0 aromatic heterocycles. The van der Waals surface area contributed by atoms with E-state index < -0.39 is 0 Å². The van der Waals surface area contributed by atoms with Gasteiger partial charge in [-0.2, -0.15) is 0 Å². The average molecular weight is 265 g/mol. The van der Waals surface area contributed by atoms with Gasteiger partial charge in [0.2, 0.25) is 0 Å². The standard InChI is InChI=1S/C18H19NO/c20-14-6-3-5-13(11-14)17-12-19-10-4-9-18(19)16-8-2-1-7-15(16)17/h1-3,5-8,11,17-18,20H,4,9-10,12H2/t17-,18+/m0/s1. The Morgan fingerprint density at radius 3 is 2.70 bits per heavy atom. The van der Waals surface area contributed by atoms with Gasteiger partial charge in [0.1, 0.15) is 5.75 Å². The number of aromatic hydroxyl groups is 1. The van der Waals surface area contributed by atoms with Crippen molar-refractivity contribution in [3.63, 3.8) is 0 Å². The van der Waals surface area contributed by atoms with E-state index in [9.17, 15) is 5.11 Å². The molecule has 1 N–H and O–H groups in total. The van der Waals surface area contributed by atoms with Crippen molar-refractivity contribution in [1.82, 2.24) is 4.90 Å². The molecule has 20 heavy (non-hydrogen) atoms. The van der Waals surface area contributed by atoms with E-state index >= 15 is 0 Å². The number of phenols is 1. The Kier molecular flexibility index (Phi) is 2.78. The van der Waals surface area contributed by atoms with Crippen molar-refractivity contribution in [1.29, 1.82) is 0 Å². The lowest BCUT2D eigenvalue weighted by Gasteiger charge is -2.37. The van der Waals surface area contributed by atoms with Gasteiger partial charge in [-0.1, -0.05) is 36.4 Å². The first-order valence-corrected chi connectivity index (χ1v) is 7.45. The van der Waals surface area contributed by atoms with Crippen molar-refractivity contribution >= 4 is 0 Å². The molecule has 1 saturated heterocycles. The Morgan fingerprint density at radius 1 is 1.00 bits per heavy atom. The Bertz CT molecular complexity index is 637. The Morgan fingerprint density at radius 2 is 1.85 bits per heavy atom. The maximum atomic E-state index is 9.77. The first-order chi connectivity index (χ1) is 9.83. The van der Waals surface area contributed by atoms with Crippen LogP contribution in [0.2, 0.25) is 0 Å². The summed E-state index contributed by atoms with van der Waals surface area (Å²) in [4.78, 5) is 2.61. The van der Waals surface area contributed by atoms with Crippen LogP contribution in [0.3, 0.4) is 0 Å². The van der Waals surface area contributed by atoms with E-state index in [1.807, 2.05) is 12.1 Å². The van der Waals surface area contributed by atoms with Crippen LogP contribution in [-0.2, 0) is 0 Å². The molecule has 2 aromatic carbocycles. The number of hydrogen-bond acceptors (Lipinski definition) is 2. The monoisotopic (exact) mass is 265 g/mol. The normalized spacial score (nSPS) is 25.2. The van der Waals surface area contributed by atoms with Gasteiger partial charge in [0.25, 0.3) is 0 Å². The fourth-order valence-corrected chi connectivity index (χ4v) is 3.89. The van der Waals surface area contributed by atoms with E-state index in [-0.39, 0.29) is 0 Å². The zero-order chi connectivity index (χ0) is 13.5. The highest BCUT2D eigenvalue weighted by Crippen LogP contribution is 2.44. The third kappa shape index (κ3) is 1.83. The van der Waals surface area contributed by atoms with Crippen LogP contribution in [0.25, 0.3) is 0 Å². The minimum Gasteiger partial charge on any atom is -0.508 e. The molecule has 4 rings (SSSR count). The molecule has 0 amide bonds. The van der Waals surface area contributed by atoms with E-state index in [4.69, 9.17) is 0 Å². The summed E-state index contributed by atoms with van der Waals surface area (Å²) in [6.45, 7) is 2.28. The molecule has 2 heterocycles. The smallest absolute Gasteiger partial charge is 0.115 e. The van der Waals surface area contributed by atoms with Gasteiger partial charge in [-0.05, 0) is 48.2 Å². The molecule has 2 aromatic rings. The third-order valence-electron chi connectivity index (χ3n) is 4.78. The molecule has 0 spiro atoms. The van der Waals surface area contributed by atoms with Crippen molar-refractivity contribution in [2.24, 2.45) is 0 Å². The van der Waals surface area contributed by atoms with Crippen LogP contribution in [0, 0.1) is 0 Å². The topological polar surface area (TPSA) is 23.5 Å². The second-order valence-corrected chi connectivity index (χ2v) is 5.93. The molecule has 2 atom stereocenters. The first kappa shape index (κ1) is 12.0. The van der Waals surface area contributed by atoms with E-state index in [1.54, 1.807) is 6.07 Å². The molecule has 1 fully saturated rings. The summed E-state index contributed by atoms with van der Waals surface area (Å²) in [6, 6.07) is 17.2. The lowest BCUT2D eigenvalue weighted by molar-refractivity contribution is 0.230. The molecule has 0 unspecified atom stereocenters. The molecule has 0 saturated carbocycles. The van der Waals surface area contributed by atoms with E-state index in [0.717, 1.165) is 6.54 Å². The summed E-state index contributed by atoms with van der Waals surface area (Å²) in [5.41, 5.74) is 4.16. The fraction of sp³-hybridized carbons (Fsp3) is 0.333. The van der Waals surface area contributed by atoms with E-state index in [1.165, 1.54) is 36.1 Å². The lowest BCUT2D eigenvalue weighted by atomic mass is 9.81. The summed E-state index contributed by atoms with van der Waals surface area (Å²) in [5.74, 6) is 0.746. The second-order valence-electron chi connectivity index (χ2n) is 5.93. The molecule has 0 aliphatic carbocycles. The highest BCUT2D eigenvalue weighted by Gasteiger charge is 2.36. The summed E-state index contributed by atoms with van der Waals surface area (Å²) >= 11 is 0. The minimum atomic E-state index is 0.364. The molecule has 0 bridgehead atoms. The number of fused-ring (bicyclic) bond motifs is 3. The summed E-state index contributed by atoms with van der Waals surface area (Å²) in [5, 5.41) is 9.77. The van der Waals surface area contributed by atoms with Gasteiger partial charge in [-0.15, -0.1) is 0 Å². The van der Waals surface area contributed by atoms with Crippen LogP contribution in [0.4, 0.5) is 0 Å². The first-order valence-electron chi connectivity index (χ1n) is 7.45. The van der Waals surface area contributed by atoms with Gasteiger partial charge < -0.3 is 5.11 Å². The summed E-state index contributed by atoms with van der Waals surface area (Å²) in [7, 11) is 0. The quantitative estimate of drug-likeness (QED) is 0.850. The van der Waals surface area contributed by atoms with Crippen LogP contribution >= 0.6 is 0 Å². The second kappa shape index (κ2) is 4.64. The molecule has 2 aliphatic heterocycles. The average Bonchev–Trinajstić information content (AvgIpc) is 2.95. The highest BCUT2D eigenvalue weighted by molar-refractivity contribution is 5.44. The van der Waals surface area contributed by atoms with Gasteiger partial charge >= 0.3 is 0 Å². The van der Waals surface area contributed by atoms with E-state index in [0.29, 0.717) is 17.7 Å². The predicted octanol–water partition coefficient (Wildman–Crippen LogP) is 3.67. The number of nitrogens with zero attached hydrogens (tertiary/aromatic N) is 1. The van der Waals surface area contributed by atoms with Crippen molar-refractivity contribution in [3.05, 3.63) is 65.2 Å². The molecule has 2 heteroatoms. The third-order valence-corrected chi connectivity index (χ3v) is 4.78. The Balaban J connectivity index is 1.83. The highest BCUT2D eigenvalue weighted by atomic mass is 16.3. The maximum absolute atomic E-state index is 9.77. The molecular formula is C18H19NO. The van der Waals surface area contributed by atoms with Gasteiger partial charge in [0.05, 0.1) is 0 Å². The molecule has 2 nitrogen and oxygen atoms in total. The summed E-state index contributed by atoms with van der Waals surface area (Å²) < 4.78 is 0. The van der Waals surface area contributed by atoms with Crippen LogP contribution in [0.15, 0.2) is 48.5 Å². The zero-order valence-electron chi connectivity index (χ0n) is 11.5. The zero-order valence-corrected chi connectivity index (χ0v) is 11.5. The van der Waals surface area contributed by atoms with Crippen molar-refractivity contribution < 1.29 is 5.11 Å². The maximum Gasteiger partial charge on any atom is 0.115 e.